The Kier molecular flexibility index (Phi) is 6.00. The van der Waals surface area contributed by atoms with Crippen molar-refractivity contribution in [1.82, 2.24) is 4.98 Å². The second kappa shape index (κ2) is 8.86. The van der Waals surface area contributed by atoms with Crippen LogP contribution in [0.5, 0.6) is 0 Å². The number of amides is 1. The molecule has 160 valence electrons. The number of piperidine rings is 1. The SMILES string of the molecule is Cc1cc(C)cc(-c2cncc(NC(=O)c3cccc(F)c3)c2N2CCC(N)CC2)c1. The quantitative estimate of drug-likeness (QED) is 0.645. The van der Waals surface area contributed by atoms with Crippen molar-refractivity contribution >= 4 is 17.3 Å². The summed E-state index contributed by atoms with van der Waals surface area (Å²) in [6.07, 6.45) is 5.26. The van der Waals surface area contributed by atoms with Gasteiger partial charge in [0.2, 0.25) is 0 Å². The minimum Gasteiger partial charge on any atom is -0.369 e. The van der Waals surface area contributed by atoms with Gasteiger partial charge in [-0.05, 0) is 50.5 Å². The highest BCUT2D eigenvalue weighted by Crippen LogP contribution is 2.38. The summed E-state index contributed by atoms with van der Waals surface area (Å²) in [7, 11) is 0. The van der Waals surface area contributed by atoms with Crippen LogP contribution in [0.15, 0.2) is 54.9 Å². The van der Waals surface area contributed by atoms with Crippen LogP contribution in [0.1, 0.15) is 34.3 Å². The van der Waals surface area contributed by atoms with Gasteiger partial charge in [0.1, 0.15) is 5.82 Å². The lowest BCUT2D eigenvalue weighted by Gasteiger charge is -2.34. The van der Waals surface area contributed by atoms with E-state index in [2.05, 4.69) is 47.2 Å². The molecule has 1 aliphatic heterocycles. The number of anilines is 2. The van der Waals surface area contributed by atoms with E-state index in [1.54, 1.807) is 12.3 Å². The van der Waals surface area contributed by atoms with Gasteiger partial charge in [-0.15, -0.1) is 0 Å². The standard InChI is InChI=1S/C25H27FN4O/c1-16-10-17(2)12-19(11-16)22-14-28-15-23(24(22)30-8-6-21(27)7-9-30)29-25(31)18-4-3-5-20(26)13-18/h3-5,10-15,21H,6-9,27H2,1-2H3,(H,29,31). The Morgan fingerprint density at radius 3 is 2.48 bits per heavy atom. The number of nitrogens with one attached hydrogen (secondary N) is 1. The van der Waals surface area contributed by atoms with Crippen molar-refractivity contribution in [1.29, 1.82) is 0 Å². The topological polar surface area (TPSA) is 71.2 Å². The number of hydrogen-bond donors (Lipinski definition) is 2. The monoisotopic (exact) mass is 418 g/mol. The van der Waals surface area contributed by atoms with Crippen LogP contribution in [0, 0.1) is 19.7 Å². The molecule has 1 amide bonds. The van der Waals surface area contributed by atoms with Crippen molar-refractivity contribution in [3.8, 4) is 11.1 Å². The Hall–Kier alpha value is -3.25. The van der Waals surface area contributed by atoms with Crippen LogP contribution < -0.4 is 16.0 Å². The molecule has 0 bridgehead atoms. The lowest BCUT2D eigenvalue weighted by Crippen LogP contribution is -2.40. The Morgan fingerprint density at radius 1 is 1.10 bits per heavy atom. The smallest absolute Gasteiger partial charge is 0.255 e. The van der Waals surface area contributed by atoms with Gasteiger partial charge in [-0.2, -0.15) is 0 Å². The number of carbonyl (C=O) groups is 1. The molecule has 31 heavy (non-hydrogen) atoms. The summed E-state index contributed by atoms with van der Waals surface area (Å²) in [6.45, 7) is 5.73. The molecule has 0 atom stereocenters. The zero-order chi connectivity index (χ0) is 22.0. The van der Waals surface area contributed by atoms with Gasteiger partial charge < -0.3 is 16.0 Å². The minimum absolute atomic E-state index is 0.188. The Bertz CT molecular complexity index is 1090. The van der Waals surface area contributed by atoms with Crippen LogP contribution in [0.2, 0.25) is 0 Å². The summed E-state index contributed by atoms with van der Waals surface area (Å²) in [6, 6.07) is 12.3. The van der Waals surface area contributed by atoms with Crippen LogP contribution >= 0.6 is 0 Å². The molecule has 6 heteroatoms. The van der Waals surface area contributed by atoms with E-state index in [4.69, 9.17) is 5.73 Å². The lowest BCUT2D eigenvalue weighted by atomic mass is 9.98. The van der Waals surface area contributed by atoms with Gasteiger partial charge >= 0.3 is 0 Å². The van der Waals surface area contributed by atoms with E-state index in [0.717, 1.165) is 53.9 Å². The molecule has 0 spiro atoms. The third-order valence-electron chi connectivity index (χ3n) is 5.64. The molecule has 1 fully saturated rings. The van der Waals surface area contributed by atoms with Crippen molar-refractivity contribution in [2.24, 2.45) is 5.73 Å². The number of nitrogens with two attached hydrogens (primary N) is 1. The van der Waals surface area contributed by atoms with Crippen molar-refractivity contribution in [2.75, 3.05) is 23.3 Å². The van der Waals surface area contributed by atoms with Crippen LogP contribution in [0.3, 0.4) is 0 Å². The summed E-state index contributed by atoms with van der Waals surface area (Å²) in [5.41, 5.74) is 12.3. The first-order valence-electron chi connectivity index (χ1n) is 10.5. The summed E-state index contributed by atoms with van der Waals surface area (Å²) in [4.78, 5) is 19.5. The average molecular weight is 419 g/mol. The first-order valence-corrected chi connectivity index (χ1v) is 10.5. The molecule has 0 unspecified atom stereocenters. The average Bonchev–Trinajstić information content (AvgIpc) is 2.73. The van der Waals surface area contributed by atoms with Crippen LogP contribution in [0.4, 0.5) is 15.8 Å². The lowest BCUT2D eigenvalue weighted by molar-refractivity contribution is 0.102. The number of aryl methyl sites for hydroxylation is 2. The number of carbonyl (C=O) groups excluding carboxylic acids is 1. The van der Waals surface area contributed by atoms with E-state index >= 15 is 0 Å². The van der Waals surface area contributed by atoms with Gasteiger partial charge in [-0.1, -0.05) is 35.4 Å². The molecule has 0 saturated carbocycles. The number of nitrogens with zero attached hydrogens (tertiary/aromatic N) is 2. The maximum absolute atomic E-state index is 13.6. The molecular formula is C25H27FN4O. The van der Waals surface area contributed by atoms with E-state index in [1.807, 2.05) is 6.20 Å². The predicted molar refractivity (Wildman–Crippen MR) is 123 cm³/mol. The molecule has 1 saturated heterocycles. The summed E-state index contributed by atoms with van der Waals surface area (Å²) in [5, 5.41) is 2.96. The van der Waals surface area contributed by atoms with Crippen molar-refractivity contribution in [2.45, 2.75) is 32.7 Å². The number of halogens is 1. The maximum Gasteiger partial charge on any atom is 0.255 e. The van der Waals surface area contributed by atoms with Crippen LogP contribution in [-0.4, -0.2) is 30.0 Å². The fourth-order valence-corrected chi connectivity index (χ4v) is 4.17. The zero-order valence-corrected chi connectivity index (χ0v) is 17.9. The van der Waals surface area contributed by atoms with E-state index in [0.29, 0.717) is 5.69 Å². The van der Waals surface area contributed by atoms with E-state index in [9.17, 15) is 9.18 Å². The molecule has 5 nitrogen and oxygen atoms in total. The highest BCUT2D eigenvalue weighted by Gasteiger charge is 2.23. The summed E-state index contributed by atoms with van der Waals surface area (Å²) in [5.74, 6) is -0.811. The number of aromatic nitrogens is 1. The molecule has 0 aliphatic carbocycles. The highest BCUT2D eigenvalue weighted by atomic mass is 19.1. The second-order valence-corrected chi connectivity index (χ2v) is 8.25. The number of hydrogen-bond acceptors (Lipinski definition) is 4. The molecule has 0 radical (unpaired) electrons. The number of pyridine rings is 1. The molecule has 3 aromatic rings. The highest BCUT2D eigenvalue weighted by molar-refractivity contribution is 6.07. The van der Waals surface area contributed by atoms with Gasteiger partial charge in [0.05, 0.1) is 17.6 Å². The number of benzene rings is 2. The molecule has 1 aliphatic rings. The van der Waals surface area contributed by atoms with E-state index < -0.39 is 5.82 Å². The molecule has 1 aromatic heterocycles. The van der Waals surface area contributed by atoms with Gasteiger partial charge in [0.25, 0.3) is 5.91 Å². The Morgan fingerprint density at radius 2 is 1.81 bits per heavy atom. The minimum atomic E-state index is -0.444. The molecule has 4 rings (SSSR count). The summed E-state index contributed by atoms with van der Waals surface area (Å²) >= 11 is 0. The zero-order valence-electron chi connectivity index (χ0n) is 17.9. The second-order valence-electron chi connectivity index (χ2n) is 8.25. The largest absolute Gasteiger partial charge is 0.369 e. The fourth-order valence-electron chi connectivity index (χ4n) is 4.17. The maximum atomic E-state index is 13.6. The predicted octanol–water partition coefficient (Wildman–Crippen LogP) is 4.68. The fraction of sp³-hybridized carbons (Fsp3) is 0.280. The Labute approximate surface area is 182 Å². The molecule has 2 aromatic carbocycles. The van der Waals surface area contributed by atoms with Gasteiger partial charge in [-0.25, -0.2) is 4.39 Å². The molecular weight excluding hydrogens is 391 g/mol. The molecule has 2 heterocycles. The Balaban J connectivity index is 1.78. The van der Waals surface area contributed by atoms with Crippen LogP contribution in [0.25, 0.3) is 11.1 Å². The van der Waals surface area contributed by atoms with Crippen molar-refractivity contribution in [3.05, 3.63) is 77.4 Å². The van der Waals surface area contributed by atoms with Crippen LogP contribution in [-0.2, 0) is 0 Å². The van der Waals surface area contributed by atoms with Gasteiger partial charge in [0.15, 0.2) is 0 Å². The first kappa shape index (κ1) is 21.0. The van der Waals surface area contributed by atoms with E-state index in [1.165, 1.54) is 18.2 Å². The normalized spacial score (nSPS) is 14.5. The number of rotatable bonds is 4. The molecule has 3 N–H and O–H groups in total. The first-order chi connectivity index (χ1) is 14.9. The van der Waals surface area contributed by atoms with Crippen molar-refractivity contribution < 1.29 is 9.18 Å². The third-order valence-corrected chi connectivity index (χ3v) is 5.64. The van der Waals surface area contributed by atoms with E-state index in [-0.39, 0.29) is 17.5 Å². The van der Waals surface area contributed by atoms with Crippen molar-refractivity contribution in [3.63, 3.8) is 0 Å². The van der Waals surface area contributed by atoms with Gasteiger partial charge in [0, 0.05) is 36.5 Å². The third kappa shape index (κ3) is 4.75. The summed E-state index contributed by atoms with van der Waals surface area (Å²) < 4.78 is 13.6. The van der Waals surface area contributed by atoms with Gasteiger partial charge in [-0.3, -0.25) is 9.78 Å².